The van der Waals surface area contributed by atoms with Crippen LogP contribution in [0.25, 0.3) is 0 Å². The van der Waals surface area contributed by atoms with Gasteiger partial charge in [-0.25, -0.2) is 9.13 Å². The molecule has 0 amide bonds. The molecule has 0 saturated carbocycles. The number of carbonyl (C=O) groups excluding carboxylic acids is 4. The van der Waals surface area contributed by atoms with Crippen LogP contribution in [0.15, 0.2) is 0 Å². The van der Waals surface area contributed by atoms with E-state index >= 15 is 0 Å². The van der Waals surface area contributed by atoms with E-state index in [2.05, 4.69) is 34.6 Å². The summed E-state index contributed by atoms with van der Waals surface area (Å²) in [4.78, 5) is 73.1. The van der Waals surface area contributed by atoms with E-state index in [1.165, 1.54) is 270 Å². The minimum Gasteiger partial charge on any atom is -0.462 e. The van der Waals surface area contributed by atoms with Crippen molar-refractivity contribution in [1.82, 2.24) is 0 Å². The zero-order chi connectivity index (χ0) is 74.8. The first-order chi connectivity index (χ1) is 49.5. The second-order valence-electron chi connectivity index (χ2n) is 30.3. The Hall–Kier alpha value is -1.94. The summed E-state index contributed by atoms with van der Waals surface area (Å²) >= 11 is 0. The Morgan fingerprint density at radius 2 is 0.451 bits per heavy atom. The molecular formula is C83H162O17P2. The molecule has 2 unspecified atom stereocenters. The summed E-state index contributed by atoms with van der Waals surface area (Å²) < 4.78 is 68.8. The number of hydrogen-bond acceptors (Lipinski definition) is 15. The Balaban J connectivity index is 5.22. The first-order valence-electron chi connectivity index (χ1n) is 43.1. The topological polar surface area (TPSA) is 237 Å². The Labute approximate surface area is 626 Å². The minimum atomic E-state index is -4.96. The van der Waals surface area contributed by atoms with Gasteiger partial charge in [0.25, 0.3) is 0 Å². The molecule has 0 rings (SSSR count). The van der Waals surface area contributed by atoms with Gasteiger partial charge in [0.05, 0.1) is 26.4 Å². The number of esters is 4. The molecule has 0 fully saturated rings. The maximum absolute atomic E-state index is 13.1. The average Bonchev–Trinajstić information content (AvgIpc) is 0.962. The SMILES string of the molecule is CCCCCCCCCCCCCCCCCCCCCC(=O)OC[C@H](COP(=O)(O)OC[C@@H](O)COP(=O)(O)OC[C@@H](COC(=O)CCCCCCCCCCCC)OC(=O)CCCCCCCCCCCCCC(C)C)OC(=O)CCCCCCCCCCCCCCCCCCCCC. The van der Waals surface area contributed by atoms with Crippen molar-refractivity contribution < 1.29 is 80.2 Å². The smallest absolute Gasteiger partial charge is 0.462 e. The molecule has 102 heavy (non-hydrogen) atoms. The monoisotopic (exact) mass is 1490 g/mol. The third-order valence-electron chi connectivity index (χ3n) is 19.5. The maximum atomic E-state index is 13.1. The number of rotatable bonds is 83. The molecule has 0 aromatic rings. The fraction of sp³-hybridized carbons (Fsp3) is 0.952. The third-order valence-corrected chi connectivity index (χ3v) is 21.4. The first-order valence-corrected chi connectivity index (χ1v) is 46.1. The Morgan fingerprint density at radius 1 is 0.265 bits per heavy atom. The highest BCUT2D eigenvalue weighted by Crippen LogP contribution is 2.45. The predicted octanol–water partition coefficient (Wildman–Crippen LogP) is 25.2. The van der Waals surface area contributed by atoms with Gasteiger partial charge in [-0.1, -0.05) is 394 Å². The number of phosphoric ester groups is 2. The van der Waals surface area contributed by atoms with Gasteiger partial charge in [-0.3, -0.25) is 37.3 Å². The molecule has 0 aromatic carbocycles. The molecule has 0 aliphatic rings. The number of aliphatic hydroxyl groups excluding tert-OH is 1. The zero-order valence-electron chi connectivity index (χ0n) is 66.8. The van der Waals surface area contributed by atoms with Crippen LogP contribution in [0.4, 0.5) is 0 Å². The van der Waals surface area contributed by atoms with Crippen LogP contribution in [0.3, 0.4) is 0 Å². The Morgan fingerprint density at radius 3 is 0.667 bits per heavy atom. The van der Waals surface area contributed by atoms with Crippen LogP contribution in [0.2, 0.25) is 0 Å². The van der Waals surface area contributed by atoms with Crippen LogP contribution in [-0.2, 0) is 65.4 Å². The van der Waals surface area contributed by atoms with Crippen molar-refractivity contribution >= 4 is 39.5 Å². The van der Waals surface area contributed by atoms with Gasteiger partial charge in [-0.05, 0) is 31.6 Å². The lowest BCUT2D eigenvalue weighted by atomic mass is 10.0. The van der Waals surface area contributed by atoms with Crippen LogP contribution in [0, 0.1) is 5.92 Å². The average molecular weight is 1490 g/mol. The molecule has 0 heterocycles. The second-order valence-corrected chi connectivity index (χ2v) is 33.3. The summed E-state index contributed by atoms with van der Waals surface area (Å²) in [6.45, 7) is 7.34. The first kappa shape index (κ1) is 100. The number of aliphatic hydroxyl groups is 1. The van der Waals surface area contributed by atoms with Crippen molar-refractivity contribution in [2.45, 2.75) is 464 Å². The lowest BCUT2D eigenvalue weighted by Crippen LogP contribution is -2.30. The summed E-state index contributed by atoms with van der Waals surface area (Å²) in [5.41, 5.74) is 0. The van der Waals surface area contributed by atoms with E-state index < -0.39 is 97.5 Å². The lowest BCUT2D eigenvalue weighted by molar-refractivity contribution is -0.161. The van der Waals surface area contributed by atoms with Gasteiger partial charge in [0.2, 0.25) is 0 Å². The van der Waals surface area contributed by atoms with E-state index in [9.17, 15) is 43.2 Å². The van der Waals surface area contributed by atoms with E-state index in [1.54, 1.807) is 0 Å². The molecule has 17 nitrogen and oxygen atoms in total. The van der Waals surface area contributed by atoms with Crippen molar-refractivity contribution in [2.75, 3.05) is 39.6 Å². The standard InChI is InChI=1S/C83H162O17P2/c1-6-9-12-15-18-21-24-26-28-30-32-34-36-38-42-47-52-57-62-67-81(86)94-73-79(99-82(87)68-63-58-53-48-43-39-37-35-33-31-29-27-25-22-19-16-13-10-7-2)75-98-102(91,92)96-71-77(84)70-95-101(89,90)97-74-78(72-93-80(85)66-61-56-51-46-23-20-17-14-11-8-3)100-83(88)69-64-59-54-49-44-40-41-45-50-55-60-65-76(4)5/h76-79,84H,6-75H2,1-5H3,(H,89,90)(H,91,92)/t77-,78+,79+/m0/s1. The number of carbonyl (C=O) groups is 4. The van der Waals surface area contributed by atoms with Gasteiger partial charge < -0.3 is 33.8 Å². The molecule has 0 aliphatic heterocycles. The van der Waals surface area contributed by atoms with Crippen LogP contribution in [-0.4, -0.2) is 96.7 Å². The lowest BCUT2D eigenvalue weighted by Gasteiger charge is -2.21. The van der Waals surface area contributed by atoms with E-state index in [-0.39, 0.29) is 25.7 Å². The maximum Gasteiger partial charge on any atom is 0.472 e. The van der Waals surface area contributed by atoms with Crippen molar-refractivity contribution in [2.24, 2.45) is 5.92 Å². The van der Waals surface area contributed by atoms with Gasteiger partial charge in [-0.2, -0.15) is 0 Å². The number of phosphoric acid groups is 2. The van der Waals surface area contributed by atoms with Crippen LogP contribution in [0.5, 0.6) is 0 Å². The highest BCUT2D eigenvalue weighted by Gasteiger charge is 2.30. The van der Waals surface area contributed by atoms with Gasteiger partial charge in [-0.15, -0.1) is 0 Å². The predicted molar refractivity (Wildman–Crippen MR) is 418 cm³/mol. The Bertz CT molecular complexity index is 1940. The molecule has 606 valence electrons. The summed E-state index contributed by atoms with van der Waals surface area (Å²) in [6.07, 6.45) is 68.0. The largest absolute Gasteiger partial charge is 0.472 e. The van der Waals surface area contributed by atoms with E-state index in [0.29, 0.717) is 25.7 Å². The Kier molecular flexibility index (Phi) is 74.4. The second kappa shape index (κ2) is 75.9. The molecule has 3 N–H and O–H groups in total. The zero-order valence-corrected chi connectivity index (χ0v) is 68.5. The third kappa shape index (κ3) is 76.3. The molecule has 19 heteroatoms. The molecule has 0 radical (unpaired) electrons. The van der Waals surface area contributed by atoms with Crippen LogP contribution < -0.4 is 0 Å². The highest BCUT2D eigenvalue weighted by atomic mass is 31.2. The quantitative estimate of drug-likeness (QED) is 0.0222. The molecule has 0 aliphatic carbocycles. The van der Waals surface area contributed by atoms with Gasteiger partial charge >= 0.3 is 39.5 Å². The van der Waals surface area contributed by atoms with E-state index in [4.69, 9.17) is 37.0 Å². The minimum absolute atomic E-state index is 0.107. The summed E-state index contributed by atoms with van der Waals surface area (Å²) in [7, 11) is -9.92. The normalized spacial score (nSPS) is 13.8. The fourth-order valence-electron chi connectivity index (χ4n) is 12.9. The van der Waals surface area contributed by atoms with Crippen molar-refractivity contribution in [3.63, 3.8) is 0 Å². The molecule has 0 aromatic heterocycles. The van der Waals surface area contributed by atoms with Crippen LogP contribution >= 0.6 is 15.6 Å². The molecule has 0 saturated heterocycles. The molecule has 5 atom stereocenters. The number of ether oxygens (including phenoxy) is 4. The summed E-state index contributed by atoms with van der Waals surface area (Å²) in [6, 6.07) is 0. The fourth-order valence-corrected chi connectivity index (χ4v) is 14.5. The van der Waals surface area contributed by atoms with Crippen LogP contribution in [0.1, 0.15) is 446 Å². The van der Waals surface area contributed by atoms with Crippen molar-refractivity contribution in [1.29, 1.82) is 0 Å². The number of hydrogen-bond donors (Lipinski definition) is 3. The van der Waals surface area contributed by atoms with Gasteiger partial charge in [0.15, 0.2) is 12.2 Å². The van der Waals surface area contributed by atoms with Gasteiger partial charge in [0, 0.05) is 25.7 Å². The van der Waals surface area contributed by atoms with Crippen molar-refractivity contribution in [3.8, 4) is 0 Å². The highest BCUT2D eigenvalue weighted by molar-refractivity contribution is 7.47. The molecular weight excluding hydrogens is 1330 g/mol. The van der Waals surface area contributed by atoms with E-state index in [1.807, 2.05) is 0 Å². The van der Waals surface area contributed by atoms with Gasteiger partial charge in [0.1, 0.15) is 19.3 Å². The summed E-state index contributed by atoms with van der Waals surface area (Å²) in [5, 5.41) is 10.7. The number of unbranched alkanes of at least 4 members (excludes halogenated alkanes) is 55. The summed E-state index contributed by atoms with van der Waals surface area (Å²) in [5.74, 6) is -1.34. The van der Waals surface area contributed by atoms with E-state index in [0.717, 1.165) is 95.8 Å². The molecule has 0 bridgehead atoms. The van der Waals surface area contributed by atoms with Crippen molar-refractivity contribution in [3.05, 3.63) is 0 Å². The molecule has 0 spiro atoms.